The van der Waals surface area contributed by atoms with E-state index < -0.39 is 0 Å². The van der Waals surface area contributed by atoms with E-state index in [1.54, 1.807) is 22.9 Å². The summed E-state index contributed by atoms with van der Waals surface area (Å²) in [7, 11) is 0. The zero-order valence-corrected chi connectivity index (χ0v) is 16.9. The Labute approximate surface area is 172 Å². The van der Waals surface area contributed by atoms with Crippen molar-refractivity contribution in [2.75, 3.05) is 5.32 Å². The second kappa shape index (κ2) is 9.26. The zero-order chi connectivity index (χ0) is 19.2. The Bertz CT molecular complexity index is 916. The van der Waals surface area contributed by atoms with Crippen LogP contribution >= 0.6 is 34.8 Å². The minimum Gasteiger partial charge on any atom is -0.489 e. The summed E-state index contributed by atoms with van der Waals surface area (Å²) in [6, 6.07) is 10.9. The maximum absolute atomic E-state index is 6.15. The van der Waals surface area contributed by atoms with E-state index >= 15 is 0 Å². The van der Waals surface area contributed by atoms with Gasteiger partial charge in [0, 0.05) is 23.7 Å². The maximum Gasteiger partial charge on any atom is 0.243 e. The lowest BCUT2D eigenvalue weighted by molar-refractivity contribution is 0.303. The van der Waals surface area contributed by atoms with Crippen molar-refractivity contribution in [1.82, 2.24) is 20.2 Å². The number of benzene rings is 2. The number of aryl methyl sites for hydroxylation is 1. The van der Waals surface area contributed by atoms with Gasteiger partial charge in [-0.1, -0.05) is 52.9 Å². The second-order valence-electron chi connectivity index (χ2n) is 5.87. The van der Waals surface area contributed by atoms with Crippen LogP contribution in [0.15, 0.2) is 36.4 Å². The Morgan fingerprint density at radius 1 is 1.07 bits per heavy atom. The van der Waals surface area contributed by atoms with E-state index in [0.29, 0.717) is 39.9 Å². The summed E-state index contributed by atoms with van der Waals surface area (Å²) in [5.74, 6) is 1.32. The number of nitrogens with zero attached hydrogens (tertiary/aromatic N) is 4. The normalized spacial score (nSPS) is 10.8. The third kappa shape index (κ3) is 5.25. The predicted molar refractivity (Wildman–Crippen MR) is 108 cm³/mol. The van der Waals surface area contributed by atoms with Crippen molar-refractivity contribution in [3.63, 3.8) is 0 Å². The molecule has 0 fully saturated rings. The van der Waals surface area contributed by atoms with Crippen LogP contribution in [0.2, 0.25) is 15.1 Å². The SMILES string of the molecule is CCCn1nnnc1NCc1cc(Cl)ccc1OCc1ccc(Cl)c(Cl)c1. The van der Waals surface area contributed by atoms with Crippen molar-refractivity contribution >= 4 is 40.8 Å². The first-order valence-electron chi connectivity index (χ1n) is 8.42. The van der Waals surface area contributed by atoms with Gasteiger partial charge in [0.1, 0.15) is 12.4 Å². The Morgan fingerprint density at radius 2 is 1.93 bits per heavy atom. The fraction of sp³-hybridized carbons (Fsp3) is 0.278. The molecule has 142 valence electrons. The molecule has 0 aliphatic rings. The summed E-state index contributed by atoms with van der Waals surface area (Å²) in [6.07, 6.45) is 0.939. The summed E-state index contributed by atoms with van der Waals surface area (Å²) in [6.45, 7) is 3.64. The summed E-state index contributed by atoms with van der Waals surface area (Å²) in [5.41, 5.74) is 1.82. The summed E-state index contributed by atoms with van der Waals surface area (Å²) >= 11 is 18.2. The molecule has 6 nitrogen and oxygen atoms in total. The molecule has 27 heavy (non-hydrogen) atoms. The largest absolute Gasteiger partial charge is 0.489 e. The van der Waals surface area contributed by atoms with E-state index in [-0.39, 0.29) is 0 Å². The summed E-state index contributed by atoms with van der Waals surface area (Å²) < 4.78 is 7.68. The molecule has 0 amide bonds. The van der Waals surface area contributed by atoms with Crippen LogP contribution in [0.25, 0.3) is 0 Å². The molecule has 0 bridgehead atoms. The molecule has 2 aromatic carbocycles. The van der Waals surface area contributed by atoms with E-state index in [1.165, 1.54) is 0 Å². The third-order valence-electron chi connectivity index (χ3n) is 3.81. The van der Waals surface area contributed by atoms with Gasteiger partial charge in [-0.15, -0.1) is 0 Å². The molecule has 1 N–H and O–H groups in total. The minimum atomic E-state index is 0.360. The Kier molecular flexibility index (Phi) is 6.77. The van der Waals surface area contributed by atoms with E-state index in [9.17, 15) is 0 Å². The Balaban J connectivity index is 1.70. The first kappa shape index (κ1) is 19.7. The molecule has 0 aliphatic heterocycles. The first-order chi connectivity index (χ1) is 13.1. The van der Waals surface area contributed by atoms with Crippen LogP contribution in [0.3, 0.4) is 0 Å². The molecular formula is C18H18Cl3N5O. The minimum absolute atomic E-state index is 0.360. The van der Waals surface area contributed by atoms with E-state index in [0.717, 1.165) is 24.1 Å². The number of ether oxygens (including phenoxy) is 1. The van der Waals surface area contributed by atoms with Gasteiger partial charge in [0.25, 0.3) is 0 Å². The molecular weight excluding hydrogens is 409 g/mol. The van der Waals surface area contributed by atoms with E-state index in [1.807, 2.05) is 18.2 Å². The maximum atomic E-state index is 6.15. The fourth-order valence-electron chi connectivity index (χ4n) is 2.49. The number of nitrogens with one attached hydrogen (secondary N) is 1. The molecule has 0 unspecified atom stereocenters. The van der Waals surface area contributed by atoms with Crippen LogP contribution in [0, 0.1) is 0 Å². The van der Waals surface area contributed by atoms with Crippen molar-refractivity contribution in [2.24, 2.45) is 0 Å². The average molecular weight is 427 g/mol. The highest BCUT2D eigenvalue weighted by Crippen LogP contribution is 2.26. The molecule has 1 heterocycles. The second-order valence-corrected chi connectivity index (χ2v) is 7.12. The highest BCUT2D eigenvalue weighted by Gasteiger charge is 2.09. The third-order valence-corrected chi connectivity index (χ3v) is 4.78. The average Bonchev–Trinajstić information content (AvgIpc) is 3.09. The van der Waals surface area contributed by atoms with Crippen LogP contribution < -0.4 is 10.1 Å². The van der Waals surface area contributed by atoms with Crippen LogP contribution in [0.4, 0.5) is 5.95 Å². The molecule has 0 saturated carbocycles. The lowest BCUT2D eigenvalue weighted by Crippen LogP contribution is -2.10. The number of hydrogen-bond acceptors (Lipinski definition) is 5. The van der Waals surface area contributed by atoms with Gasteiger partial charge in [0.15, 0.2) is 0 Å². The molecule has 0 saturated heterocycles. The van der Waals surface area contributed by atoms with Crippen LogP contribution in [-0.4, -0.2) is 20.2 Å². The number of aromatic nitrogens is 4. The van der Waals surface area contributed by atoms with Gasteiger partial charge in [0.05, 0.1) is 10.0 Å². The number of halogens is 3. The van der Waals surface area contributed by atoms with Gasteiger partial charge in [-0.25, -0.2) is 4.68 Å². The molecule has 0 atom stereocenters. The highest BCUT2D eigenvalue weighted by atomic mass is 35.5. The van der Waals surface area contributed by atoms with Crippen molar-refractivity contribution in [3.05, 3.63) is 62.6 Å². The van der Waals surface area contributed by atoms with Crippen LogP contribution in [0.5, 0.6) is 5.75 Å². The monoisotopic (exact) mass is 425 g/mol. The van der Waals surface area contributed by atoms with Crippen LogP contribution in [-0.2, 0) is 19.7 Å². The van der Waals surface area contributed by atoms with Gasteiger partial charge in [-0.3, -0.25) is 0 Å². The standard InChI is InChI=1S/C18H18Cl3N5O/c1-2-7-26-18(23-24-25-26)22-10-13-9-14(19)4-6-17(13)27-11-12-3-5-15(20)16(21)8-12/h3-6,8-9H,2,7,10-11H2,1H3,(H,22,23,25). The number of anilines is 1. The number of tetrazole rings is 1. The van der Waals surface area contributed by atoms with Gasteiger partial charge in [-0.2, -0.15) is 0 Å². The van der Waals surface area contributed by atoms with Crippen molar-refractivity contribution in [3.8, 4) is 5.75 Å². The molecule has 3 rings (SSSR count). The van der Waals surface area contributed by atoms with Gasteiger partial charge < -0.3 is 10.1 Å². The molecule has 1 aromatic heterocycles. The zero-order valence-electron chi connectivity index (χ0n) is 14.6. The van der Waals surface area contributed by atoms with Crippen molar-refractivity contribution in [1.29, 1.82) is 0 Å². The fourth-order valence-corrected chi connectivity index (χ4v) is 3.00. The lowest BCUT2D eigenvalue weighted by Gasteiger charge is -2.13. The van der Waals surface area contributed by atoms with Gasteiger partial charge >= 0.3 is 0 Å². The van der Waals surface area contributed by atoms with E-state index in [4.69, 9.17) is 39.5 Å². The molecule has 0 aliphatic carbocycles. The number of hydrogen-bond donors (Lipinski definition) is 1. The highest BCUT2D eigenvalue weighted by molar-refractivity contribution is 6.42. The van der Waals surface area contributed by atoms with Crippen LogP contribution in [0.1, 0.15) is 24.5 Å². The Morgan fingerprint density at radius 3 is 2.70 bits per heavy atom. The first-order valence-corrected chi connectivity index (χ1v) is 9.55. The molecule has 0 radical (unpaired) electrons. The topological polar surface area (TPSA) is 64.9 Å². The Hall–Kier alpha value is -2.02. The quantitative estimate of drug-likeness (QED) is 0.534. The van der Waals surface area contributed by atoms with Crippen molar-refractivity contribution < 1.29 is 4.74 Å². The molecule has 0 spiro atoms. The summed E-state index contributed by atoms with van der Waals surface area (Å²) in [4.78, 5) is 0. The smallest absolute Gasteiger partial charge is 0.243 e. The van der Waals surface area contributed by atoms with Gasteiger partial charge in [-0.05, 0) is 52.7 Å². The van der Waals surface area contributed by atoms with Gasteiger partial charge in [0.2, 0.25) is 5.95 Å². The predicted octanol–water partition coefficient (Wildman–Crippen LogP) is 5.23. The number of rotatable bonds is 8. The lowest BCUT2D eigenvalue weighted by atomic mass is 10.2. The van der Waals surface area contributed by atoms with E-state index in [2.05, 4.69) is 27.8 Å². The molecule has 9 heteroatoms. The molecule has 3 aromatic rings. The summed E-state index contributed by atoms with van der Waals surface area (Å²) in [5, 5.41) is 16.5. The van der Waals surface area contributed by atoms with Crippen molar-refractivity contribution in [2.45, 2.75) is 33.0 Å².